The monoisotopic (exact) mass is 535 g/mol. The number of alkyl carbamates (subject to hydrolysis) is 1. The van der Waals surface area contributed by atoms with E-state index in [4.69, 9.17) is 4.74 Å². The highest BCUT2D eigenvalue weighted by molar-refractivity contribution is 14.0. The third-order valence-corrected chi connectivity index (χ3v) is 4.95. The van der Waals surface area contributed by atoms with Crippen molar-refractivity contribution in [2.45, 2.75) is 78.6 Å². The van der Waals surface area contributed by atoms with Gasteiger partial charge in [0.2, 0.25) is 0 Å². The van der Waals surface area contributed by atoms with Crippen molar-refractivity contribution in [2.75, 3.05) is 20.6 Å². The van der Waals surface area contributed by atoms with E-state index in [-0.39, 0.29) is 36.1 Å². The molecule has 1 amide bonds. The molecular formula is C20H38IN7O2. The molecule has 1 aliphatic rings. The molecule has 10 heteroatoms. The molecule has 1 aromatic rings. The summed E-state index contributed by atoms with van der Waals surface area (Å²) >= 11 is 0. The van der Waals surface area contributed by atoms with Crippen LogP contribution in [0, 0.1) is 5.92 Å². The molecule has 2 rings (SSSR count). The Morgan fingerprint density at radius 3 is 2.63 bits per heavy atom. The molecule has 0 aromatic carbocycles. The summed E-state index contributed by atoms with van der Waals surface area (Å²) in [4.78, 5) is 18.6. The molecule has 9 nitrogen and oxygen atoms in total. The summed E-state index contributed by atoms with van der Waals surface area (Å²) < 4.78 is 7.58. The number of hydrogen-bond donors (Lipinski definition) is 2. The van der Waals surface area contributed by atoms with Gasteiger partial charge in [0.15, 0.2) is 11.8 Å². The second-order valence-corrected chi connectivity index (χ2v) is 8.90. The molecule has 2 N–H and O–H groups in total. The Morgan fingerprint density at radius 1 is 1.33 bits per heavy atom. The van der Waals surface area contributed by atoms with Crippen molar-refractivity contribution in [1.29, 1.82) is 0 Å². The van der Waals surface area contributed by atoms with Crippen LogP contribution in [0.15, 0.2) is 4.99 Å². The van der Waals surface area contributed by atoms with E-state index in [1.807, 2.05) is 27.8 Å². The van der Waals surface area contributed by atoms with Crippen LogP contribution in [0.5, 0.6) is 0 Å². The number of halogens is 1. The van der Waals surface area contributed by atoms with Gasteiger partial charge in [-0.2, -0.15) is 0 Å². The van der Waals surface area contributed by atoms with Crippen molar-refractivity contribution >= 4 is 36.0 Å². The van der Waals surface area contributed by atoms with Gasteiger partial charge in [-0.1, -0.05) is 13.8 Å². The Labute approximate surface area is 197 Å². The van der Waals surface area contributed by atoms with Crippen LogP contribution in [-0.2, 0) is 24.2 Å². The molecular weight excluding hydrogens is 497 g/mol. The van der Waals surface area contributed by atoms with Crippen molar-refractivity contribution < 1.29 is 9.53 Å². The van der Waals surface area contributed by atoms with E-state index in [2.05, 4.69) is 49.1 Å². The zero-order valence-electron chi connectivity index (χ0n) is 19.4. The number of hydrogen-bond acceptors (Lipinski definition) is 5. The zero-order chi connectivity index (χ0) is 21.6. The topological polar surface area (TPSA) is 96.7 Å². The lowest BCUT2D eigenvalue weighted by atomic mass is 10.0. The Kier molecular flexibility index (Phi) is 10.3. The molecule has 0 radical (unpaired) electrons. The summed E-state index contributed by atoms with van der Waals surface area (Å²) in [6.45, 7) is 12.1. The van der Waals surface area contributed by atoms with E-state index in [9.17, 15) is 4.79 Å². The van der Waals surface area contributed by atoms with Gasteiger partial charge in [-0.3, -0.25) is 4.99 Å². The van der Waals surface area contributed by atoms with Crippen molar-refractivity contribution in [1.82, 2.24) is 30.3 Å². The Hall–Kier alpha value is -1.59. The van der Waals surface area contributed by atoms with Gasteiger partial charge in [0.1, 0.15) is 11.4 Å². The van der Waals surface area contributed by atoms with Crippen LogP contribution in [0.2, 0.25) is 0 Å². The first-order chi connectivity index (χ1) is 13.6. The second kappa shape index (κ2) is 11.7. The molecule has 1 atom stereocenters. The highest BCUT2D eigenvalue weighted by Crippen LogP contribution is 2.14. The second-order valence-electron chi connectivity index (χ2n) is 8.90. The number of carbonyl (C=O) groups is 1. The van der Waals surface area contributed by atoms with Gasteiger partial charge in [-0.05, 0) is 39.5 Å². The summed E-state index contributed by atoms with van der Waals surface area (Å²) in [5, 5.41) is 14.9. The maximum atomic E-state index is 12.1. The van der Waals surface area contributed by atoms with E-state index in [1.54, 1.807) is 7.05 Å². The third-order valence-electron chi connectivity index (χ3n) is 4.95. The standard InChI is InChI=1S/C20H37N7O2.HI/c1-14(2)15(23-19(28)29-20(3,4)5)10-12-26(7)18(21-6)22-13-17-25-24-16-9-8-11-27(16)17;/h14-15H,8-13H2,1-7H3,(H,21,22)(H,23,28);1H. The highest BCUT2D eigenvalue weighted by atomic mass is 127. The third kappa shape index (κ3) is 7.92. The number of amides is 1. The zero-order valence-corrected chi connectivity index (χ0v) is 21.7. The average molecular weight is 535 g/mol. The van der Waals surface area contributed by atoms with Crippen LogP contribution < -0.4 is 10.6 Å². The molecule has 1 unspecified atom stereocenters. The number of ether oxygens (including phenoxy) is 1. The van der Waals surface area contributed by atoms with E-state index in [1.165, 1.54) is 0 Å². The molecule has 1 aromatic heterocycles. The smallest absolute Gasteiger partial charge is 0.407 e. The molecule has 2 heterocycles. The van der Waals surface area contributed by atoms with Crippen molar-refractivity contribution in [3.05, 3.63) is 11.6 Å². The minimum Gasteiger partial charge on any atom is -0.444 e. The van der Waals surface area contributed by atoms with E-state index < -0.39 is 5.60 Å². The molecule has 0 saturated heterocycles. The predicted octanol–water partition coefficient (Wildman–Crippen LogP) is 2.79. The highest BCUT2D eigenvalue weighted by Gasteiger charge is 2.22. The van der Waals surface area contributed by atoms with Crippen LogP contribution in [-0.4, -0.2) is 64.0 Å². The number of carbonyl (C=O) groups excluding carboxylic acids is 1. The number of aryl methyl sites for hydroxylation is 1. The maximum Gasteiger partial charge on any atom is 0.407 e. The molecule has 0 aliphatic carbocycles. The van der Waals surface area contributed by atoms with Crippen LogP contribution >= 0.6 is 24.0 Å². The number of guanidine groups is 1. The van der Waals surface area contributed by atoms with Gasteiger partial charge in [0, 0.05) is 39.6 Å². The molecule has 0 fully saturated rings. The number of fused-ring (bicyclic) bond motifs is 1. The normalized spacial score (nSPS) is 14.7. The summed E-state index contributed by atoms with van der Waals surface area (Å²) in [5.74, 6) is 3.10. The fourth-order valence-corrected chi connectivity index (χ4v) is 3.35. The summed E-state index contributed by atoms with van der Waals surface area (Å²) in [5.41, 5.74) is -0.504. The van der Waals surface area contributed by atoms with Gasteiger partial charge in [0.05, 0.1) is 6.54 Å². The van der Waals surface area contributed by atoms with Crippen LogP contribution in [0.4, 0.5) is 4.79 Å². The van der Waals surface area contributed by atoms with Crippen LogP contribution in [0.1, 0.15) is 59.1 Å². The Balaban J connectivity index is 0.00000450. The van der Waals surface area contributed by atoms with Crippen LogP contribution in [0.3, 0.4) is 0 Å². The maximum absolute atomic E-state index is 12.1. The number of nitrogens with zero attached hydrogens (tertiary/aromatic N) is 5. The minimum absolute atomic E-state index is 0. The fraction of sp³-hybridized carbons (Fsp3) is 0.800. The van der Waals surface area contributed by atoms with Gasteiger partial charge in [-0.15, -0.1) is 34.2 Å². The SMILES string of the molecule is CN=C(NCc1nnc2n1CCC2)N(C)CCC(NC(=O)OC(C)(C)C)C(C)C.I. The summed E-state index contributed by atoms with van der Waals surface area (Å²) in [6, 6.07) is 0.0187. The number of nitrogens with one attached hydrogen (secondary N) is 2. The minimum atomic E-state index is -0.504. The first-order valence-corrected chi connectivity index (χ1v) is 10.4. The lowest BCUT2D eigenvalue weighted by Crippen LogP contribution is -2.45. The molecule has 1 aliphatic heterocycles. The fourth-order valence-electron chi connectivity index (χ4n) is 3.35. The molecule has 30 heavy (non-hydrogen) atoms. The largest absolute Gasteiger partial charge is 0.444 e. The summed E-state index contributed by atoms with van der Waals surface area (Å²) in [6.07, 6.45) is 2.55. The first kappa shape index (κ1) is 26.4. The molecule has 0 bridgehead atoms. The molecule has 0 spiro atoms. The van der Waals surface area contributed by atoms with Crippen molar-refractivity contribution in [2.24, 2.45) is 10.9 Å². The van der Waals surface area contributed by atoms with E-state index >= 15 is 0 Å². The van der Waals surface area contributed by atoms with Crippen LogP contribution in [0.25, 0.3) is 0 Å². The Bertz CT molecular complexity index is 712. The molecule has 172 valence electrons. The van der Waals surface area contributed by atoms with Gasteiger partial charge in [-0.25, -0.2) is 4.79 Å². The number of rotatable bonds is 7. The van der Waals surface area contributed by atoms with Gasteiger partial charge in [0.25, 0.3) is 0 Å². The van der Waals surface area contributed by atoms with Gasteiger partial charge < -0.3 is 24.8 Å². The van der Waals surface area contributed by atoms with Crippen molar-refractivity contribution in [3.8, 4) is 0 Å². The predicted molar refractivity (Wildman–Crippen MR) is 129 cm³/mol. The lowest BCUT2D eigenvalue weighted by Gasteiger charge is -2.28. The van der Waals surface area contributed by atoms with E-state index in [0.29, 0.717) is 12.5 Å². The average Bonchev–Trinajstić information content (AvgIpc) is 3.21. The quantitative estimate of drug-likeness (QED) is 0.317. The van der Waals surface area contributed by atoms with E-state index in [0.717, 1.165) is 50.0 Å². The first-order valence-electron chi connectivity index (χ1n) is 10.4. The number of aromatic nitrogens is 3. The lowest BCUT2D eigenvalue weighted by molar-refractivity contribution is 0.0486. The van der Waals surface area contributed by atoms with Gasteiger partial charge >= 0.3 is 6.09 Å². The Morgan fingerprint density at radius 2 is 2.03 bits per heavy atom. The van der Waals surface area contributed by atoms with Crippen molar-refractivity contribution in [3.63, 3.8) is 0 Å². The molecule has 0 saturated carbocycles. The number of aliphatic imine (C=N–C) groups is 1. The summed E-state index contributed by atoms with van der Waals surface area (Å²) in [7, 11) is 3.76.